The summed E-state index contributed by atoms with van der Waals surface area (Å²) in [4.78, 5) is 14.4. The number of nitrogens with one attached hydrogen (secondary N) is 1. The molecule has 22 heavy (non-hydrogen) atoms. The van der Waals surface area contributed by atoms with Crippen LogP contribution in [0.4, 0.5) is 5.69 Å². The molecule has 2 rings (SSSR count). The normalized spacial score (nSPS) is 15.6. The Balaban J connectivity index is 2.04. The zero-order valence-corrected chi connectivity index (χ0v) is 14.1. The zero-order valence-electron chi connectivity index (χ0n) is 14.1. The topological polar surface area (TPSA) is 32.3 Å². The summed E-state index contributed by atoms with van der Waals surface area (Å²) in [6, 6.07) is 8.79. The van der Waals surface area contributed by atoms with Crippen LogP contribution in [0, 0.1) is 0 Å². The van der Waals surface area contributed by atoms with Crippen molar-refractivity contribution in [1.29, 1.82) is 0 Å². The van der Waals surface area contributed by atoms with Gasteiger partial charge in [0.05, 0.1) is 0 Å². The summed E-state index contributed by atoms with van der Waals surface area (Å²) in [5.74, 6) is -0.0484. The van der Waals surface area contributed by atoms with Gasteiger partial charge in [-0.3, -0.25) is 9.69 Å². The van der Waals surface area contributed by atoms with Gasteiger partial charge >= 0.3 is 0 Å². The first kappa shape index (κ1) is 16.8. The van der Waals surface area contributed by atoms with E-state index < -0.39 is 0 Å². The predicted molar refractivity (Wildman–Crippen MR) is 92.8 cm³/mol. The summed E-state index contributed by atoms with van der Waals surface area (Å²) in [7, 11) is 2.20. The van der Waals surface area contributed by atoms with Crippen molar-refractivity contribution in [2.24, 2.45) is 0 Å². The van der Waals surface area contributed by atoms with E-state index in [0.717, 1.165) is 17.8 Å². The molecule has 120 valence electrons. The van der Waals surface area contributed by atoms with Crippen molar-refractivity contribution in [2.75, 3.05) is 12.4 Å². The van der Waals surface area contributed by atoms with Crippen LogP contribution in [-0.2, 0) is 11.3 Å². The van der Waals surface area contributed by atoms with E-state index >= 15 is 0 Å². The zero-order chi connectivity index (χ0) is 15.9. The Hall–Kier alpha value is -1.61. The Bertz CT molecular complexity index is 526. The Kier molecular flexibility index (Phi) is 6.20. The lowest BCUT2D eigenvalue weighted by molar-refractivity contribution is -0.111. The fraction of sp³-hybridized carbons (Fsp3) is 0.526. The Morgan fingerprint density at radius 2 is 1.91 bits per heavy atom. The SMILES string of the molecule is CC(C)=CC(=O)Nc1ccccc1CN(C)C1CCCCC1. The fourth-order valence-corrected chi connectivity index (χ4v) is 3.13. The summed E-state index contributed by atoms with van der Waals surface area (Å²) in [5.41, 5.74) is 3.12. The maximum atomic E-state index is 12.0. The number of carbonyl (C=O) groups is 1. The van der Waals surface area contributed by atoms with E-state index in [-0.39, 0.29) is 5.91 Å². The van der Waals surface area contributed by atoms with Gasteiger partial charge < -0.3 is 5.32 Å². The standard InChI is InChI=1S/C19H28N2O/c1-15(2)13-19(22)20-18-12-8-7-9-16(18)14-21(3)17-10-5-4-6-11-17/h7-9,12-13,17H,4-6,10-11,14H2,1-3H3,(H,20,22). The summed E-state index contributed by atoms with van der Waals surface area (Å²) in [6.07, 6.45) is 8.29. The van der Waals surface area contributed by atoms with Crippen LogP contribution >= 0.6 is 0 Å². The fourth-order valence-electron chi connectivity index (χ4n) is 3.13. The van der Waals surface area contributed by atoms with Gasteiger partial charge in [0, 0.05) is 24.4 Å². The van der Waals surface area contributed by atoms with Gasteiger partial charge in [0.25, 0.3) is 0 Å². The van der Waals surface area contributed by atoms with Gasteiger partial charge in [-0.2, -0.15) is 0 Å². The Morgan fingerprint density at radius 1 is 1.23 bits per heavy atom. The highest BCUT2D eigenvalue weighted by molar-refractivity contribution is 6.00. The smallest absolute Gasteiger partial charge is 0.248 e. The van der Waals surface area contributed by atoms with Crippen LogP contribution < -0.4 is 5.32 Å². The molecule has 1 aromatic carbocycles. The number of rotatable bonds is 5. The van der Waals surface area contributed by atoms with Crippen LogP contribution in [-0.4, -0.2) is 23.9 Å². The number of para-hydroxylation sites is 1. The molecule has 0 heterocycles. The van der Waals surface area contributed by atoms with Crippen LogP contribution in [0.5, 0.6) is 0 Å². The van der Waals surface area contributed by atoms with Crippen LogP contribution in [0.15, 0.2) is 35.9 Å². The molecule has 1 fully saturated rings. The van der Waals surface area contributed by atoms with Gasteiger partial charge in [0.15, 0.2) is 0 Å². The lowest BCUT2D eigenvalue weighted by atomic mass is 9.94. The maximum Gasteiger partial charge on any atom is 0.248 e. The van der Waals surface area contributed by atoms with Crippen molar-refractivity contribution < 1.29 is 4.79 Å². The maximum absolute atomic E-state index is 12.0. The number of hydrogen-bond donors (Lipinski definition) is 1. The molecule has 0 radical (unpaired) electrons. The van der Waals surface area contributed by atoms with Gasteiger partial charge in [-0.1, -0.05) is 43.0 Å². The van der Waals surface area contributed by atoms with Crippen molar-refractivity contribution >= 4 is 11.6 Å². The van der Waals surface area contributed by atoms with Gasteiger partial charge in [-0.15, -0.1) is 0 Å². The van der Waals surface area contributed by atoms with E-state index in [9.17, 15) is 4.79 Å². The molecule has 1 aromatic rings. The second-order valence-electron chi connectivity index (χ2n) is 6.58. The number of allylic oxidation sites excluding steroid dienone is 1. The van der Waals surface area contributed by atoms with Crippen molar-refractivity contribution in [3.63, 3.8) is 0 Å². The second kappa shape index (κ2) is 8.14. The minimum absolute atomic E-state index is 0.0484. The van der Waals surface area contributed by atoms with Crippen molar-refractivity contribution in [3.05, 3.63) is 41.5 Å². The molecule has 3 nitrogen and oxygen atoms in total. The highest BCUT2D eigenvalue weighted by atomic mass is 16.1. The van der Waals surface area contributed by atoms with E-state index in [1.807, 2.05) is 32.0 Å². The molecule has 0 aromatic heterocycles. The third-order valence-corrected chi connectivity index (χ3v) is 4.31. The summed E-state index contributed by atoms with van der Waals surface area (Å²) in [5, 5.41) is 3.01. The number of anilines is 1. The minimum atomic E-state index is -0.0484. The highest BCUT2D eigenvalue weighted by Gasteiger charge is 2.18. The largest absolute Gasteiger partial charge is 0.322 e. The Labute approximate surface area is 134 Å². The monoisotopic (exact) mass is 300 g/mol. The predicted octanol–water partition coefficient (Wildman–Crippen LogP) is 4.36. The first-order valence-electron chi connectivity index (χ1n) is 8.30. The molecule has 0 spiro atoms. The molecule has 1 aliphatic rings. The molecular weight excluding hydrogens is 272 g/mol. The van der Waals surface area contributed by atoms with Crippen molar-refractivity contribution in [1.82, 2.24) is 4.90 Å². The molecular formula is C19H28N2O. The first-order chi connectivity index (χ1) is 10.6. The third-order valence-electron chi connectivity index (χ3n) is 4.31. The second-order valence-corrected chi connectivity index (χ2v) is 6.58. The number of hydrogen-bond acceptors (Lipinski definition) is 2. The molecule has 3 heteroatoms. The lowest BCUT2D eigenvalue weighted by Gasteiger charge is -2.31. The summed E-state index contributed by atoms with van der Waals surface area (Å²) in [6.45, 7) is 4.75. The molecule has 0 aliphatic heterocycles. The van der Waals surface area contributed by atoms with Gasteiger partial charge in [0.2, 0.25) is 5.91 Å². The molecule has 0 saturated heterocycles. The minimum Gasteiger partial charge on any atom is -0.322 e. The quantitative estimate of drug-likeness (QED) is 0.820. The Morgan fingerprint density at radius 3 is 2.59 bits per heavy atom. The van der Waals surface area contributed by atoms with Crippen LogP contribution in [0.2, 0.25) is 0 Å². The molecule has 0 bridgehead atoms. The molecule has 1 N–H and O–H groups in total. The summed E-state index contributed by atoms with van der Waals surface area (Å²) < 4.78 is 0. The van der Waals surface area contributed by atoms with Crippen molar-refractivity contribution in [2.45, 2.75) is 58.5 Å². The van der Waals surface area contributed by atoms with E-state index in [1.54, 1.807) is 6.08 Å². The molecule has 1 amide bonds. The van der Waals surface area contributed by atoms with E-state index in [4.69, 9.17) is 0 Å². The van der Waals surface area contributed by atoms with E-state index in [0.29, 0.717) is 6.04 Å². The van der Waals surface area contributed by atoms with E-state index in [1.165, 1.54) is 37.7 Å². The number of carbonyl (C=O) groups excluding carboxylic acids is 1. The van der Waals surface area contributed by atoms with E-state index in [2.05, 4.69) is 23.3 Å². The van der Waals surface area contributed by atoms with Gasteiger partial charge in [0.1, 0.15) is 0 Å². The molecule has 0 unspecified atom stereocenters. The van der Waals surface area contributed by atoms with Gasteiger partial charge in [-0.05, 0) is 45.4 Å². The first-order valence-corrected chi connectivity index (χ1v) is 8.30. The third kappa shape index (κ3) is 4.99. The number of nitrogens with zero attached hydrogens (tertiary/aromatic N) is 1. The van der Waals surface area contributed by atoms with Crippen LogP contribution in [0.25, 0.3) is 0 Å². The average Bonchev–Trinajstić information content (AvgIpc) is 2.49. The number of amides is 1. The lowest BCUT2D eigenvalue weighted by Crippen LogP contribution is -2.33. The van der Waals surface area contributed by atoms with Gasteiger partial charge in [-0.25, -0.2) is 0 Å². The molecule has 1 aliphatic carbocycles. The van der Waals surface area contributed by atoms with Crippen molar-refractivity contribution in [3.8, 4) is 0 Å². The van der Waals surface area contributed by atoms with Crippen LogP contribution in [0.3, 0.4) is 0 Å². The molecule has 1 saturated carbocycles. The summed E-state index contributed by atoms with van der Waals surface area (Å²) >= 11 is 0. The molecule has 0 atom stereocenters. The number of benzene rings is 1. The highest BCUT2D eigenvalue weighted by Crippen LogP contribution is 2.24. The van der Waals surface area contributed by atoms with Crippen LogP contribution in [0.1, 0.15) is 51.5 Å². The average molecular weight is 300 g/mol.